The van der Waals surface area contributed by atoms with Crippen molar-refractivity contribution in [1.29, 1.82) is 0 Å². The lowest BCUT2D eigenvalue weighted by molar-refractivity contribution is -0.898. The molecule has 0 N–H and O–H groups in total. The maximum absolute atomic E-state index is 2.44. The molecule has 1 atom stereocenters. The summed E-state index contributed by atoms with van der Waals surface area (Å²) in [5, 5.41) is 0. The monoisotopic (exact) mass is 295 g/mol. The lowest BCUT2D eigenvalue weighted by Crippen LogP contribution is -3.00. The molecule has 1 heterocycles. The van der Waals surface area contributed by atoms with Crippen LogP contribution in [0.2, 0.25) is 0 Å². The highest BCUT2D eigenvalue weighted by Crippen LogP contribution is 2.47. The minimum Gasteiger partial charge on any atom is -1.00 e. The molecule has 0 aromatic heterocycles. The fourth-order valence-electron chi connectivity index (χ4n) is 3.28. The summed E-state index contributed by atoms with van der Waals surface area (Å²) in [7, 11) is 2.44. The number of nitrogens with zero attached hydrogens (tertiary/aromatic N) is 1. The Morgan fingerprint density at radius 3 is 2.23 bits per heavy atom. The predicted octanol–water partition coefficient (Wildman–Crippen LogP) is -0.579. The van der Waals surface area contributed by atoms with Crippen molar-refractivity contribution >= 4 is 0 Å². The third-order valence-corrected chi connectivity index (χ3v) is 4.33. The van der Waals surface area contributed by atoms with E-state index in [0.29, 0.717) is 0 Å². The van der Waals surface area contributed by atoms with Crippen LogP contribution >= 0.6 is 0 Å². The summed E-state index contributed by atoms with van der Waals surface area (Å²) < 4.78 is 1.35. The fraction of sp³-hybridized carbons (Fsp3) is 1.00. The molecule has 0 amide bonds. The van der Waals surface area contributed by atoms with Crippen LogP contribution < -0.4 is 24.0 Å². The summed E-state index contributed by atoms with van der Waals surface area (Å²) >= 11 is 0. The molecule has 1 nitrogen and oxygen atoms in total. The van der Waals surface area contributed by atoms with Gasteiger partial charge in [-0.15, -0.1) is 0 Å². The van der Waals surface area contributed by atoms with Gasteiger partial charge in [-0.05, 0) is 19.8 Å². The van der Waals surface area contributed by atoms with Gasteiger partial charge in [0.1, 0.15) is 0 Å². The van der Waals surface area contributed by atoms with Gasteiger partial charge in [-0.2, -0.15) is 0 Å². The first-order valence-corrected chi connectivity index (χ1v) is 5.52. The maximum atomic E-state index is 2.44. The van der Waals surface area contributed by atoms with Gasteiger partial charge in [0.25, 0.3) is 0 Å². The van der Waals surface area contributed by atoms with Crippen molar-refractivity contribution in [3.8, 4) is 0 Å². The number of hydrogen-bond acceptors (Lipinski definition) is 0. The van der Waals surface area contributed by atoms with Crippen LogP contribution in [-0.4, -0.2) is 31.2 Å². The molecule has 2 aliphatic rings. The zero-order valence-electron chi connectivity index (χ0n) is 8.98. The number of hydrogen-bond donors (Lipinski definition) is 0. The minimum atomic E-state index is 0. The second-order valence-corrected chi connectivity index (χ2v) is 5.27. The summed E-state index contributed by atoms with van der Waals surface area (Å²) in [6.07, 6.45) is 7.58. The Labute approximate surface area is 99.5 Å². The van der Waals surface area contributed by atoms with Gasteiger partial charge < -0.3 is 28.5 Å². The van der Waals surface area contributed by atoms with Crippen LogP contribution in [0.15, 0.2) is 0 Å². The van der Waals surface area contributed by atoms with Crippen molar-refractivity contribution in [1.82, 2.24) is 0 Å². The van der Waals surface area contributed by atoms with Crippen LogP contribution in [0.25, 0.3) is 0 Å². The highest BCUT2D eigenvalue weighted by atomic mass is 127. The number of halogens is 1. The third-order valence-electron chi connectivity index (χ3n) is 4.33. The zero-order chi connectivity index (χ0) is 8.66. The van der Waals surface area contributed by atoms with Crippen LogP contribution in [0.4, 0.5) is 0 Å². The fourth-order valence-corrected chi connectivity index (χ4v) is 3.28. The van der Waals surface area contributed by atoms with Crippen LogP contribution in [0, 0.1) is 5.41 Å². The molecule has 2 rings (SSSR count). The Hall–Kier alpha value is 0.690. The smallest absolute Gasteiger partial charge is 0.0843 e. The molecular formula is C11H22IN. The van der Waals surface area contributed by atoms with Crippen LogP contribution in [0.1, 0.15) is 39.0 Å². The second kappa shape index (κ2) is 4.05. The molecule has 2 heteroatoms. The van der Waals surface area contributed by atoms with Gasteiger partial charge in [-0.3, -0.25) is 0 Å². The van der Waals surface area contributed by atoms with Crippen molar-refractivity contribution in [2.24, 2.45) is 5.41 Å². The summed E-state index contributed by atoms with van der Waals surface area (Å²) in [5.41, 5.74) is 0.796. The Balaban J connectivity index is 0.000000845. The van der Waals surface area contributed by atoms with Gasteiger partial charge in [-0.1, -0.05) is 12.8 Å². The van der Waals surface area contributed by atoms with Crippen molar-refractivity contribution in [2.45, 2.75) is 39.0 Å². The molecule has 1 unspecified atom stereocenters. The molecule has 13 heavy (non-hydrogen) atoms. The van der Waals surface area contributed by atoms with Crippen molar-refractivity contribution in [3.05, 3.63) is 0 Å². The molecule has 1 saturated carbocycles. The molecule has 1 spiro atoms. The molecular weight excluding hydrogens is 273 g/mol. The average molecular weight is 295 g/mol. The maximum Gasteiger partial charge on any atom is 0.0843 e. The summed E-state index contributed by atoms with van der Waals surface area (Å²) in [5.74, 6) is 0. The minimum absolute atomic E-state index is 0. The molecule has 1 aliphatic heterocycles. The van der Waals surface area contributed by atoms with Gasteiger partial charge in [0, 0.05) is 11.8 Å². The van der Waals surface area contributed by atoms with Gasteiger partial charge in [0.05, 0.1) is 26.7 Å². The second-order valence-electron chi connectivity index (χ2n) is 5.27. The Morgan fingerprint density at radius 1 is 1.15 bits per heavy atom. The molecule has 2 fully saturated rings. The lowest BCUT2D eigenvalue weighted by atomic mass is 9.85. The van der Waals surface area contributed by atoms with Crippen LogP contribution in [-0.2, 0) is 0 Å². The van der Waals surface area contributed by atoms with Crippen molar-refractivity contribution < 1.29 is 28.5 Å². The topological polar surface area (TPSA) is 0 Å². The van der Waals surface area contributed by atoms with E-state index in [1.807, 2.05) is 0 Å². The Kier molecular flexibility index (Phi) is 3.67. The molecule has 1 aliphatic carbocycles. The molecule has 78 valence electrons. The highest BCUT2D eigenvalue weighted by Gasteiger charge is 2.46. The summed E-state index contributed by atoms with van der Waals surface area (Å²) in [6.45, 7) is 6.59. The first-order chi connectivity index (χ1) is 5.68. The SMILES string of the molecule is CC[N+]1(C)CCC2(CCCC2)C1.[I-]. The molecule has 0 radical (unpaired) electrons. The zero-order valence-corrected chi connectivity index (χ0v) is 11.1. The lowest BCUT2D eigenvalue weighted by Gasteiger charge is -2.30. The van der Waals surface area contributed by atoms with Gasteiger partial charge >= 0.3 is 0 Å². The van der Waals surface area contributed by atoms with E-state index in [-0.39, 0.29) is 24.0 Å². The summed E-state index contributed by atoms with van der Waals surface area (Å²) in [6, 6.07) is 0. The molecule has 1 saturated heterocycles. The first kappa shape index (κ1) is 11.8. The number of likely N-dealkylation sites (tertiary alicyclic amines) is 1. The van der Waals surface area contributed by atoms with Gasteiger partial charge in [0.15, 0.2) is 0 Å². The largest absolute Gasteiger partial charge is 1.00 e. The van der Waals surface area contributed by atoms with Crippen molar-refractivity contribution in [2.75, 3.05) is 26.7 Å². The van der Waals surface area contributed by atoms with E-state index in [0.717, 1.165) is 5.41 Å². The van der Waals surface area contributed by atoms with E-state index in [1.165, 1.54) is 56.2 Å². The third kappa shape index (κ3) is 2.20. The van der Waals surface area contributed by atoms with E-state index in [1.54, 1.807) is 0 Å². The molecule has 0 aromatic rings. The molecule has 0 aromatic carbocycles. The first-order valence-electron chi connectivity index (χ1n) is 5.52. The van der Waals surface area contributed by atoms with E-state index in [2.05, 4.69) is 14.0 Å². The van der Waals surface area contributed by atoms with Gasteiger partial charge in [-0.25, -0.2) is 0 Å². The Morgan fingerprint density at radius 2 is 1.77 bits per heavy atom. The van der Waals surface area contributed by atoms with E-state index >= 15 is 0 Å². The highest BCUT2D eigenvalue weighted by molar-refractivity contribution is 4.87. The van der Waals surface area contributed by atoms with Crippen molar-refractivity contribution in [3.63, 3.8) is 0 Å². The average Bonchev–Trinajstić information content (AvgIpc) is 2.63. The van der Waals surface area contributed by atoms with Gasteiger partial charge in [0.2, 0.25) is 0 Å². The molecule has 0 bridgehead atoms. The normalized spacial score (nSPS) is 36.5. The Bertz CT molecular complexity index is 175. The van der Waals surface area contributed by atoms with E-state index in [4.69, 9.17) is 0 Å². The standard InChI is InChI=1S/C11H22N.HI/c1-3-12(2)9-8-11(10-12)6-4-5-7-11;/h3-10H2,1-2H3;1H/q+1;/p-1. The van der Waals surface area contributed by atoms with E-state index in [9.17, 15) is 0 Å². The number of rotatable bonds is 1. The predicted molar refractivity (Wildman–Crippen MR) is 52.0 cm³/mol. The number of quaternary nitrogens is 1. The quantitative estimate of drug-likeness (QED) is 0.449. The van der Waals surface area contributed by atoms with Crippen LogP contribution in [0.3, 0.4) is 0 Å². The van der Waals surface area contributed by atoms with Crippen LogP contribution in [0.5, 0.6) is 0 Å². The summed E-state index contributed by atoms with van der Waals surface area (Å²) in [4.78, 5) is 0. The van der Waals surface area contributed by atoms with E-state index < -0.39 is 0 Å².